The summed E-state index contributed by atoms with van der Waals surface area (Å²) < 4.78 is 1.20. The first kappa shape index (κ1) is 17.3. The summed E-state index contributed by atoms with van der Waals surface area (Å²) in [5.74, 6) is 0.355. The summed E-state index contributed by atoms with van der Waals surface area (Å²) in [6, 6.07) is 7.77. The van der Waals surface area contributed by atoms with Crippen molar-refractivity contribution in [3.8, 4) is 0 Å². The number of hydrogen-bond acceptors (Lipinski definition) is 4. The third-order valence-corrected chi connectivity index (χ3v) is 6.67. The molecular weight excluding hydrogens is 348 g/mol. The zero-order valence-electron chi connectivity index (χ0n) is 14.8. The van der Waals surface area contributed by atoms with Gasteiger partial charge in [0.15, 0.2) is 0 Å². The lowest BCUT2D eigenvalue weighted by molar-refractivity contribution is -0.138. The third kappa shape index (κ3) is 3.40. The summed E-state index contributed by atoms with van der Waals surface area (Å²) in [4.78, 5) is 32.8. The SMILES string of the molecule is NC(=O)N1CCC[C@H](C(=O)N2CCC[C@H](c3nc4ccccc4s3)C2)C1. The van der Waals surface area contributed by atoms with Crippen molar-refractivity contribution in [3.05, 3.63) is 29.3 Å². The molecule has 7 heteroatoms. The van der Waals surface area contributed by atoms with Gasteiger partial charge in [0.2, 0.25) is 5.91 Å². The number of fused-ring (bicyclic) bond motifs is 1. The molecule has 4 rings (SSSR count). The van der Waals surface area contributed by atoms with Crippen LogP contribution in [0.1, 0.15) is 36.6 Å². The van der Waals surface area contributed by atoms with Gasteiger partial charge >= 0.3 is 6.03 Å². The van der Waals surface area contributed by atoms with Crippen LogP contribution in [0.25, 0.3) is 10.2 Å². The van der Waals surface area contributed by atoms with E-state index >= 15 is 0 Å². The minimum Gasteiger partial charge on any atom is -0.351 e. The minimum atomic E-state index is -0.423. The van der Waals surface area contributed by atoms with E-state index < -0.39 is 6.03 Å². The fourth-order valence-electron chi connectivity index (χ4n) is 4.08. The van der Waals surface area contributed by atoms with Gasteiger partial charge in [-0.25, -0.2) is 9.78 Å². The number of piperidine rings is 2. The van der Waals surface area contributed by atoms with E-state index in [1.165, 1.54) is 4.70 Å². The molecule has 2 N–H and O–H groups in total. The van der Waals surface area contributed by atoms with Crippen molar-refractivity contribution in [2.75, 3.05) is 26.2 Å². The first-order chi connectivity index (χ1) is 12.6. The summed E-state index contributed by atoms with van der Waals surface area (Å²) in [6.45, 7) is 2.64. The highest BCUT2D eigenvalue weighted by atomic mass is 32.1. The second kappa shape index (κ2) is 7.23. The number of likely N-dealkylation sites (tertiary alicyclic amines) is 2. The number of nitrogens with two attached hydrogens (primary N) is 1. The topological polar surface area (TPSA) is 79.5 Å². The number of primary amides is 1. The lowest BCUT2D eigenvalue weighted by atomic mass is 9.93. The number of benzene rings is 1. The standard InChI is InChI=1S/C19H24N4O2S/c20-19(25)23-10-4-6-14(12-23)18(24)22-9-3-5-13(11-22)17-21-15-7-1-2-8-16(15)26-17/h1-2,7-8,13-14H,3-6,9-12H2,(H2,20,25)/t13-,14-/m0/s1. The van der Waals surface area contributed by atoms with Crippen LogP contribution in [-0.4, -0.2) is 52.9 Å². The molecule has 2 atom stereocenters. The Morgan fingerprint density at radius 3 is 2.65 bits per heavy atom. The molecule has 2 aliphatic heterocycles. The predicted molar refractivity (Wildman–Crippen MR) is 102 cm³/mol. The van der Waals surface area contributed by atoms with Gasteiger partial charge in [-0.15, -0.1) is 11.3 Å². The zero-order chi connectivity index (χ0) is 18.1. The first-order valence-electron chi connectivity index (χ1n) is 9.30. The molecule has 3 amide bonds. The number of amides is 3. The predicted octanol–water partition coefficient (Wildman–Crippen LogP) is 2.79. The van der Waals surface area contributed by atoms with E-state index in [0.29, 0.717) is 19.0 Å². The van der Waals surface area contributed by atoms with Crippen molar-refractivity contribution in [1.82, 2.24) is 14.8 Å². The first-order valence-corrected chi connectivity index (χ1v) is 10.1. The number of carbonyl (C=O) groups is 2. The van der Waals surface area contributed by atoms with Crippen LogP contribution in [-0.2, 0) is 4.79 Å². The summed E-state index contributed by atoms with van der Waals surface area (Å²) in [6.07, 6.45) is 3.75. The molecule has 2 aromatic rings. The average Bonchev–Trinajstić information content (AvgIpc) is 3.12. The molecule has 138 valence electrons. The Bertz CT molecular complexity index is 788. The van der Waals surface area contributed by atoms with E-state index in [2.05, 4.69) is 6.07 Å². The molecule has 0 spiro atoms. The molecule has 2 fully saturated rings. The second-order valence-corrected chi connectivity index (χ2v) is 8.33. The largest absolute Gasteiger partial charge is 0.351 e. The fourth-order valence-corrected chi connectivity index (χ4v) is 5.17. The number of aromatic nitrogens is 1. The van der Waals surface area contributed by atoms with Crippen molar-refractivity contribution in [2.24, 2.45) is 11.7 Å². The Kier molecular flexibility index (Phi) is 4.80. The smallest absolute Gasteiger partial charge is 0.314 e. The maximum Gasteiger partial charge on any atom is 0.314 e. The maximum absolute atomic E-state index is 13.0. The molecule has 3 heterocycles. The Hall–Kier alpha value is -2.15. The molecule has 0 bridgehead atoms. The van der Waals surface area contributed by atoms with Crippen LogP contribution in [0.2, 0.25) is 0 Å². The summed E-state index contributed by atoms with van der Waals surface area (Å²) in [5.41, 5.74) is 6.44. The lowest BCUT2D eigenvalue weighted by Gasteiger charge is -2.37. The molecule has 26 heavy (non-hydrogen) atoms. The Labute approximate surface area is 157 Å². The molecule has 0 saturated carbocycles. The van der Waals surface area contributed by atoms with Gasteiger partial charge in [0.05, 0.1) is 21.1 Å². The quantitative estimate of drug-likeness (QED) is 0.880. The molecule has 0 unspecified atom stereocenters. The summed E-state index contributed by atoms with van der Waals surface area (Å²) in [5, 5.41) is 1.13. The van der Waals surface area contributed by atoms with E-state index in [9.17, 15) is 9.59 Å². The molecule has 1 aromatic carbocycles. The normalized spacial score (nSPS) is 24.0. The van der Waals surface area contributed by atoms with Gasteiger partial charge in [-0.1, -0.05) is 12.1 Å². The number of nitrogens with zero attached hydrogens (tertiary/aromatic N) is 3. The van der Waals surface area contributed by atoms with Crippen molar-refractivity contribution in [1.29, 1.82) is 0 Å². The molecule has 1 aromatic heterocycles. The molecule has 6 nitrogen and oxygen atoms in total. The van der Waals surface area contributed by atoms with Crippen molar-refractivity contribution in [3.63, 3.8) is 0 Å². The highest BCUT2D eigenvalue weighted by Crippen LogP contribution is 2.33. The maximum atomic E-state index is 13.0. The van der Waals surface area contributed by atoms with Crippen LogP contribution < -0.4 is 5.73 Å². The van der Waals surface area contributed by atoms with E-state index in [1.54, 1.807) is 16.2 Å². The van der Waals surface area contributed by atoms with E-state index in [1.807, 2.05) is 23.1 Å². The van der Waals surface area contributed by atoms with Crippen LogP contribution >= 0.6 is 11.3 Å². The summed E-state index contributed by atoms with van der Waals surface area (Å²) in [7, 11) is 0. The summed E-state index contributed by atoms with van der Waals surface area (Å²) >= 11 is 1.74. The fraction of sp³-hybridized carbons (Fsp3) is 0.526. The Morgan fingerprint density at radius 2 is 1.85 bits per heavy atom. The molecular formula is C19H24N4O2S. The van der Waals surface area contributed by atoms with E-state index in [-0.39, 0.29) is 11.8 Å². The molecule has 0 radical (unpaired) electrons. The third-order valence-electron chi connectivity index (χ3n) is 5.48. The van der Waals surface area contributed by atoms with Crippen LogP contribution in [0.3, 0.4) is 0 Å². The molecule has 2 aliphatic rings. The van der Waals surface area contributed by atoms with E-state index in [0.717, 1.165) is 49.3 Å². The lowest BCUT2D eigenvalue weighted by Crippen LogP contribution is -2.50. The number of hydrogen-bond donors (Lipinski definition) is 1. The van der Waals surface area contributed by atoms with Crippen molar-refractivity contribution in [2.45, 2.75) is 31.6 Å². The number of para-hydroxylation sites is 1. The Morgan fingerprint density at radius 1 is 1.08 bits per heavy atom. The van der Waals surface area contributed by atoms with Gasteiger partial charge in [0, 0.05) is 32.1 Å². The number of urea groups is 1. The molecule has 2 saturated heterocycles. The van der Waals surface area contributed by atoms with Crippen LogP contribution in [0.15, 0.2) is 24.3 Å². The van der Waals surface area contributed by atoms with Gasteiger partial charge in [0.1, 0.15) is 0 Å². The monoisotopic (exact) mass is 372 g/mol. The zero-order valence-corrected chi connectivity index (χ0v) is 15.6. The van der Waals surface area contributed by atoms with Crippen molar-refractivity contribution < 1.29 is 9.59 Å². The second-order valence-electron chi connectivity index (χ2n) is 7.27. The highest BCUT2D eigenvalue weighted by molar-refractivity contribution is 7.18. The molecule has 0 aliphatic carbocycles. The van der Waals surface area contributed by atoms with Gasteiger partial charge in [0.25, 0.3) is 0 Å². The van der Waals surface area contributed by atoms with Crippen molar-refractivity contribution >= 4 is 33.5 Å². The Balaban J connectivity index is 1.46. The number of carbonyl (C=O) groups excluding carboxylic acids is 2. The van der Waals surface area contributed by atoms with Gasteiger partial charge in [-0.2, -0.15) is 0 Å². The average molecular weight is 372 g/mol. The van der Waals surface area contributed by atoms with Gasteiger partial charge < -0.3 is 15.5 Å². The van der Waals surface area contributed by atoms with Crippen LogP contribution in [0.5, 0.6) is 0 Å². The minimum absolute atomic E-state index is 0.120. The van der Waals surface area contributed by atoms with Crippen LogP contribution in [0, 0.1) is 5.92 Å². The highest BCUT2D eigenvalue weighted by Gasteiger charge is 2.33. The van der Waals surface area contributed by atoms with E-state index in [4.69, 9.17) is 10.7 Å². The number of thiazole rings is 1. The van der Waals surface area contributed by atoms with Gasteiger partial charge in [-0.3, -0.25) is 4.79 Å². The van der Waals surface area contributed by atoms with Gasteiger partial charge in [-0.05, 0) is 37.8 Å². The van der Waals surface area contributed by atoms with Crippen LogP contribution in [0.4, 0.5) is 4.79 Å². The number of rotatable bonds is 2.